The van der Waals surface area contributed by atoms with Crippen molar-refractivity contribution in [2.24, 2.45) is 11.8 Å². The van der Waals surface area contributed by atoms with Crippen LogP contribution in [0.5, 0.6) is 0 Å². The first-order valence-corrected chi connectivity index (χ1v) is 7.76. The third-order valence-corrected chi connectivity index (χ3v) is 4.60. The Labute approximate surface area is 131 Å². The van der Waals surface area contributed by atoms with Gasteiger partial charge < -0.3 is 19.9 Å². The summed E-state index contributed by atoms with van der Waals surface area (Å²) in [5.41, 5.74) is 0. The van der Waals surface area contributed by atoms with Crippen LogP contribution in [-0.2, 0) is 19.1 Å². The van der Waals surface area contributed by atoms with E-state index in [1.54, 1.807) is 6.92 Å². The van der Waals surface area contributed by atoms with Crippen LogP contribution in [0.3, 0.4) is 0 Å². The van der Waals surface area contributed by atoms with Gasteiger partial charge in [0, 0.05) is 33.1 Å². The lowest BCUT2D eigenvalue weighted by Gasteiger charge is -2.44. The van der Waals surface area contributed by atoms with Gasteiger partial charge in [0.1, 0.15) is 6.10 Å². The molecule has 2 saturated heterocycles. The van der Waals surface area contributed by atoms with E-state index in [1.165, 1.54) is 6.92 Å². The lowest BCUT2D eigenvalue weighted by molar-refractivity contribution is -0.159. The second kappa shape index (κ2) is 6.64. The minimum absolute atomic E-state index is 0.0538. The molecule has 7 heteroatoms. The second-order valence-electron chi connectivity index (χ2n) is 6.29. The van der Waals surface area contributed by atoms with Crippen LogP contribution >= 0.6 is 0 Å². The molecule has 2 heterocycles. The Morgan fingerprint density at radius 1 is 1.23 bits per heavy atom. The fourth-order valence-electron chi connectivity index (χ4n) is 3.16. The van der Waals surface area contributed by atoms with Crippen molar-refractivity contribution in [3.63, 3.8) is 0 Å². The molecule has 0 spiro atoms. The molecule has 4 atom stereocenters. The van der Waals surface area contributed by atoms with Crippen LogP contribution in [-0.4, -0.2) is 73.0 Å². The molecule has 0 bridgehead atoms. The Hall–Kier alpha value is -1.63. The van der Waals surface area contributed by atoms with E-state index in [1.807, 2.05) is 18.9 Å². The molecule has 2 fully saturated rings. The van der Waals surface area contributed by atoms with Crippen LogP contribution in [0, 0.1) is 11.8 Å². The Morgan fingerprint density at radius 2 is 1.82 bits per heavy atom. The molecule has 0 aromatic carbocycles. The highest BCUT2D eigenvalue weighted by molar-refractivity contribution is 5.90. The highest BCUT2D eigenvalue weighted by atomic mass is 16.5. The second-order valence-corrected chi connectivity index (χ2v) is 6.29. The van der Waals surface area contributed by atoms with E-state index >= 15 is 0 Å². The Morgan fingerprint density at radius 3 is 2.32 bits per heavy atom. The number of β-lactam (4-membered cyclic amide) rings is 1. The largest absolute Gasteiger partial charge is 0.462 e. The quantitative estimate of drug-likeness (QED) is 0.557. The molecule has 22 heavy (non-hydrogen) atoms. The van der Waals surface area contributed by atoms with Gasteiger partial charge in [-0.3, -0.25) is 14.4 Å². The third-order valence-electron chi connectivity index (χ3n) is 4.60. The summed E-state index contributed by atoms with van der Waals surface area (Å²) < 4.78 is 5.11. The summed E-state index contributed by atoms with van der Waals surface area (Å²) in [7, 11) is 2.04. The molecule has 0 radical (unpaired) electrons. The number of esters is 1. The van der Waals surface area contributed by atoms with Crippen molar-refractivity contribution >= 4 is 17.8 Å². The van der Waals surface area contributed by atoms with E-state index in [9.17, 15) is 14.4 Å². The molecule has 124 valence electrons. The number of nitrogens with zero attached hydrogens (tertiary/aromatic N) is 2. The van der Waals surface area contributed by atoms with Gasteiger partial charge >= 0.3 is 5.97 Å². The van der Waals surface area contributed by atoms with Gasteiger partial charge in [-0.15, -0.1) is 0 Å². The maximum Gasteiger partial charge on any atom is 0.302 e. The zero-order chi connectivity index (χ0) is 16.4. The van der Waals surface area contributed by atoms with Crippen molar-refractivity contribution in [3.05, 3.63) is 0 Å². The summed E-state index contributed by atoms with van der Waals surface area (Å²) >= 11 is 0. The van der Waals surface area contributed by atoms with Crippen molar-refractivity contribution < 1.29 is 19.1 Å². The summed E-state index contributed by atoms with van der Waals surface area (Å²) in [5.74, 6) is -1.28. The van der Waals surface area contributed by atoms with Crippen molar-refractivity contribution in [1.29, 1.82) is 0 Å². The third kappa shape index (κ3) is 3.40. The average molecular weight is 311 g/mol. The van der Waals surface area contributed by atoms with Crippen LogP contribution in [0.4, 0.5) is 0 Å². The van der Waals surface area contributed by atoms with Gasteiger partial charge in [0.25, 0.3) is 0 Å². The van der Waals surface area contributed by atoms with E-state index in [0.29, 0.717) is 13.1 Å². The molecular weight excluding hydrogens is 286 g/mol. The lowest BCUT2D eigenvalue weighted by atomic mass is 9.78. The molecule has 2 amide bonds. The van der Waals surface area contributed by atoms with Gasteiger partial charge in [0.2, 0.25) is 11.8 Å². The van der Waals surface area contributed by atoms with Gasteiger partial charge in [-0.1, -0.05) is 6.92 Å². The van der Waals surface area contributed by atoms with Crippen LogP contribution < -0.4 is 5.32 Å². The number of likely N-dealkylation sites (N-methyl/N-ethyl adjacent to an activating group) is 1. The molecule has 1 N–H and O–H groups in total. The molecule has 0 aliphatic carbocycles. The number of rotatable bonds is 4. The summed E-state index contributed by atoms with van der Waals surface area (Å²) in [5, 5.41) is 2.79. The summed E-state index contributed by atoms with van der Waals surface area (Å²) in [6.45, 7) is 8.00. The fraction of sp³-hybridized carbons (Fsp3) is 0.800. The first-order chi connectivity index (χ1) is 10.3. The Bertz CT molecular complexity index is 460. The molecule has 0 aromatic heterocycles. The lowest BCUT2D eigenvalue weighted by Crippen LogP contribution is -2.67. The van der Waals surface area contributed by atoms with Gasteiger partial charge in [-0.05, 0) is 14.0 Å². The van der Waals surface area contributed by atoms with Crippen LogP contribution in [0.25, 0.3) is 0 Å². The number of piperazine rings is 1. The van der Waals surface area contributed by atoms with Crippen molar-refractivity contribution in [2.45, 2.75) is 32.9 Å². The van der Waals surface area contributed by atoms with Crippen molar-refractivity contribution in [3.8, 4) is 0 Å². The number of amides is 2. The fourth-order valence-corrected chi connectivity index (χ4v) is 3.16. The topological polar surface area (TPSA) is 78.9 Å². The highest BCUT2D eigenvalue weighted by Gasteiger charge is 2.49. The molecule has 2 aliphatic rings. The first-order valence-electron chi connectivity index (χ1n) is 7.76. The van der Waals surface area contributed by atoms with Crippen LogP contribution in [0.2, 0.25) is 0 Å². The number of nitrogens with one attached hydrogen (secondary N) is 1. The zero-order valence-electron chi connectivity index (χ0n) is 13.7. The first kappa shape index (κ1) is 16.7. The maximum absolute atomic E-state index is 12.6. The zero-order valence-corrected chi connectivity index (χ0v) is 13.7. The van der Waals surface area contributed by atoms with Gasteiger partial charge in [0.05, 0.1) is 17.9 Å². The smallest absolute Gasteiger partial charge is 0.302 e. The highest BCUT2D eigenvalue weighted by Crippen LogP contribution is 2.28. The predicted octanol–water partition coefficient (Wildman–Crippen LogP) is -0.537. The minimum atomic E-state index is -0.515. The minimum Gasteiger partial charge on any atom is -0.462 e. The molecule has 0 aromatic rings. The average Bonchev–Trinajstić information content (AvgIpc) is 2.43. The molecule has 2 rings (SSSR count). The molecule has 2 aliphatic heterocycles. The standard InChI is InChI=1S/C15H25N3O4/c1-9(15(21)18-7-5-17(4)6-8-18)13-12(14(20)16-13)10(2)22-11(3)19/h9-10,12-13H,5-8H2,1-4H3,(H,16,20)/t9?,10?,12-,13-/m1/s1. The van der Waals surface area contributed by atoms with E-state index in [2.05, 4.69) is 10.2 Å². The Kier molecular flexibility index (Phi) is 5.05. The van der Waals surface area contributed by atoms with Gasteiger partial charge in [-0.25, -0.2) is 0 Å². The number of carbonyl (C=O) groups excluding carboxylic acids is 3. The van der Waals surface area contributed by atoms with E-state index in [4.69, 9.17) is 4.74 Å². The van der Waals surface area contributed by atoms with Crippen LogP contribution in [0.1, 0.15) is 20.8 Å². The molecule has 7 nitrogen and oxygen atoms in total. The van der Waals surface area contributed by atoms with Crippen LogP contribution in [0.15, 0.2) is 0 Å². The molecule has 0 saturated carbocycles. The number of carbonyl (C=O) groups is 3. The summed E-state index contributed by atoms with van der Waals surface area (Å²) in [6, 6.07) is -0.269. The van der Waals surface area contributed by atoms with Gasteiger partial charge in [-0.2, -0.15) is 0 Å². The number of hydrogen-bond acceptors (Lipinski definition) is 5. The van der Waals surface area contributed by atoms with Crippen molar-refractivity contribution in [2.75, 3.05) is 33.2 Å². The van der Waals surface area contributed by atoms with Gasteiger partial charge in [0.15, 0.2) is 0 Å². The monoisotopic (exact) mass is 311 g/mol. The molecular formula is C15H25N3O4. The summed E-state index contributed by atoms with van der Waals surface area (Å²) in [4.78, 5) is 39.5. The summed E-state index contributed by atoms with van der Waals surface area (Å²) in [6.07, 6.45) is -0.515. The number of ether oxygens (including phenoxy) is 1. The van der Waals surface area contributed by atoms with E-state index in [-0.39, 0.29) is 23.8 Å². The predicted molar refractivity (Wildman–Crippen MR) is 79.9 cm³/mol. The number of hydrogen-bond donors (Lipinski definition) is 1. The van der Waals surface area contributed by atoms with E-state index < -0.39 is 18.0 Å². The SMILES string of the molecule is CC(=O)OC(C)[C@H]1C(=O)N[C@@H]1C(C)C(=O)N1CCN(C)CC1. The Balaban J connectivity index is 1.96. The van der Waals surface area contributed by atoms with E-state index in [0.717, 1.165) is 13.1 Å². The van der Waals surface area contributed by atoms with Crippen molar-refractivity contribution in [1.82, 2.24) is 15.1 Å². The normalized spacial score (nSPS) is 28.4. The maximum atomic E-state index is 12.6. The molecule has 2 unspecified atom stereocenters.